The average Bonchev–Trinajstić information content (AvgIpc) is 4.13. The Bertz CT molecular complexity index is 4770. The Morgan fingerprint density at radius 2 is 1.23 bits per heavy atom. The monoisotopic (exact) mass is 1190 g/mol. The maximum absolute atomic E-state index is 13.4. The third-order valence-corrected chi connectivity index (χ3v) is 15.5. The second kappa shape index (κ2) is 23.2. The number of nitrogens with one attached hydrogen (secondary N) is 1. The van der Waals surface area contributed by atoms with Crippen molar-refractivity contribution in [2.45, 2.75) is 23.1 Å². The van der Waals surface area contributed by atoms with Gasteiger partial charge in [0.05, 0.1) is 55.6 Å². The van der Waals surface area contributed by atoms with E-state index in [0.717, 1.165) is 11.5 Å². The highest BCUT2D eigenvalue weighted by atomic mass is 32.2. The van der Waals surface area contributed by atoms with Crippen molar-refractivity contribution in [1.29, 1.82) is 0 Å². The van der Waals surface area contributed by atoms with Crippen LogP contribution in [-0.4, -0.2) is 98.6 Å². The number of benzene rings is 9. The zero-order valence-corrected chi connectivity index (χ0v) is 46.9. The number of aryl methyl sites for hydroxylation is 1. The number of fused-ring (bicyclic) bond motifs is 5. The van der Waals surface area contributed by atoms with Crippen LogP contribution in [0.1, 0.15) is 22.3 Å². The van der Waals surface area contributed by atoms with E-state index in [1.165, 1.54) is 44.3 Å². The molecule has 1 amide bonds. The number of anilines is 1. The molecule has 10 aromatic rings. The van der Waals surface area contributed by atoms with Gasteiger partial charge in [0.15, 0.2) is 5.75 Å². The number of carbonyl (C=O) groups excluding carboxylic acids is 1. The summed E-state index contributed by atoms with van der Waals surface area (Å²) in [6.07, 6.45) is 0.0938. The van der Waals surface area contributed by atoms with Crippen LogP contribution in [0.25, 0.3) is 49.0 Å². The van der Waals surface area contributed by atoms with E-state index in [1.54, 1.807) is 97.1 Å². The third kappa shape index (κ3) is 12.5. The Hall–Kier alpha value is -9.84. The van der Waals surface area contributed by atoms with Crippen LogP contribution in [0.15, 0.2) is 180 Å². The van der Waals surface area contributed by atoms with Crippen LogP contribution in [0.5, 0.6) is 28.7 Å². The molecule has 0 spiro atoms. The molecule has 0 saturated heterocycles. The van der Waals surface area contributed by atoms with Crippen molar-refractivity contribution < 1.29 is 67.8 Å². The summed E-state index contributed by atoms with van der Waals surface area (Å²) in [6, 6.07) is 36.2. The molecule has 0 bridgehead atoms. The number of nitrogens with zero attached hydrogens (tertiary/aromatic N) is 9. The number of aromatic hydroxyl groups is 1. The van der Waals surface area contributed by atoms with Gasteiger partial charge in [-0.1, -0.05) is 30.3 Å². The molecule has 0 atom stereocenters. The summed E-state index contributed by atoms with van der Waals surface area (Å²) in [5.74, 6) is 0.249. The summed E-state index contributed by atoms with van der Waals surface area (Å²) in [5, 5.41) is 51.9. The predicted octanol–water partition coefficient (Wildman–Crippen LogP) is 12.6. The first-order valence-corrected chi connectivity index (χ1v) is 29.3. The summed E-state index contributed by atoms with van der Waals surface area (Å²) < 4.78 is 122. The van der Waals surface area contributed by atoms with E-state index < -0.39 is 51.8 Å². The Kier molecular flexibility index (Phi) is 15.8. The number of ether oxygens (including phenoxy) is 4. The van der Waals surface area contributed by atoms with Crippen molar-refractivity contribution in [3.05, 3.63) is 151 Å². The maximum Gasteiger partial charge on any atom is 0.295 e. The number of aromatic nitrogens is 3. The molecule has 1 heterocycles. The summed E-state index contributed by atoms with van der Waals surface area (Å²) in [7, 11) is -9.61. The van der Waals surface area contributed by atoms with Crippen LogP contribution in [0.3, 0.4) is 0 Å². The number of hydrogen-bond donors (Lipinski definition) is 5. The van der Waals surface area contributed by atoms with E-state index in [1.807, 2.05) is 19.1 Å². The fourth-order valence-corrected chi connectivity index (χ4v) is 10.7. The van der Waals surface area contributed by atoms with Gasteiger partial charge in [-0.2, -0.15) is 40.3 Å². The minimum absolute atomic E-state index is 0.0128. The van der Waals surface area contributed by atoms with Gasteiger partial charge in [-0.15, -0.1) is 30.7 Å². The van der Waals surface area contributed by atoms with Gasteiger partial charge in [0.2, 0.25) is 0 Å². The lowest BCUT2D eigenvalue weighted by Crippen LogP contribution is -2.12. The van der Waals surface area contributed by atoms with Crippen LogP contribution >= 0.6 is 0 Å². The van der Waals surface area contributed by atoms with E-state index in [-0.39, 0.29) is 69.0 Å². The Morgan fingerprint density at radius 3 is 1.93 bits per heavy atom. The molecule has 1 aromatic heterocycles. The van der Waals surface area contributed by atoms with Gasteiger partial charge in [-0.05, 0) is 127 Å². The Labute approximate surface area is 477 Å². The van der Waals surface area contributed by atoms with Gasteiger partial charge in [0.25, 0.3) is 36.3 Å². The van der Waals surface area contributed by atoms with Gasteiger partial charge in [-0.25, -0.2) is 0 Å². The molecule has 428 valence electrons. The Balaban J connectivity index is 0.811. The third-order valence-electron chi connectivity index (χ3n) is 13.0. The lowest BCUT2D eigenvalue weighted by atomic mass is 10.1. The van der Waals surface area contributed by atoms with Gasteiger partial charge in [-0.3, -0.25) is 18.5 Å². The minimum atomic E-state index is -4.93. The zero-order valence-electron chi connectivity index (χ0n) is 44.4. The van der Waals surface area contributed by atoms with E-state index in [9.17, 15) is 44.3 Å². The first-order chi connectivity index (χ1) is 40.1. The van der Waals surface area contributed by atoms with Crippen LogP contribution in [0.4, 0.5) is 39.8 Å². The summed E-state index contributed by atoms with van der Waals surface area (Å²) in [5.41, 5.74) is 4.19. The van der Waals surface area contributed by atoms with Crippen molar-refractivity contribution in [2.24, 2.45) is 30.7 Å². The first-order valence-electron chi connectivity index (χ1n) is 24.8. The number of phenolic OH excluding ortho intramolecular Hbond substituents is 1. The standard InChI is InChI=1S/C56H46N10O15S3/c1-31-23-36(13-19-43(31)59-60-44-17-11-34(25-50(44)78-2)56(68)57-35-12-9-32-7-5-8-49(41(32)26-35)81-21-6-22-82(69,70)71)58-62-47-29-52(80-4)48(30-51(47)79-3)63-61-46-18-10-33-24-37(14-15-39(33)55(46)67)66-64-45-20-16-40-42(54(45)65-66)27-38(83(72,73)74)28-53(40)84(75,76)77/h5,7-20,23-30,67H,6,21-22H2,1-4H3,(H,57,68)(H,69,70,71)(H,72,73,74)(H,75,76,77). The Morgan fingerprint density at radius 1 is 0.571 bits per heavy atom. The molecule has 0 aliphatic rings. The fraction of sp³-hybridized carbons (Fsp3) is 0.125. The average molecular weight is 1200 g/mol. The molecular weight excluding hydrogens is 1150 g/mol. The summed E-state index contributed by atoms with van der Waals surface area (Å²) in [4.78, 5) is 13.1. The topological polar surface area (TPSA) is 354 Å². The molecule has 0 unspecified atom stereocenters. The molecule has 25 nitrogen and oxygen atoms in total. The smallest absolute Gasteiger partial charge is 0.295 e. The van der Waals surface area contributed by atoms with Crippen molar-refractivity contribution in [2.75, 3.05) is 39.0 Å². The molecule has 28 heteroatoms. The fourth-order valence-electron chi connectivity index (χ4n) is 8.86. The van der Waals surface area contributed by atoms with Crippen LogP contribution in [-0.2, 0) is 30.4 Å². The van der Waals surface area contributed by atoms with Crippen LogP contribution in [0, 0.1) is 6.92 Å². The van der Waals surface area contributed by atoms with Crippen LogP contribution < -0.4 is 24.3 Å². The lowest BCUT2D eigenvalue weighted by Gasteiger charge is -2.12. The second-order valence-corrected chi connectivity index (χ2v) is 22.9. The molecule has 10 rings (SSSR count). The van der Waals surface area contributed by atoms with Gasteiger partial charge >= 0.3 is 0 Å². The quantitative estimate of drug-likeness (QED) is 0.0285. The molecule has 0 radical (unpaired) electrons. The molecule has 0 fully saturated rings. The molecule has 0 saturated carbocycles. The molecular formula is C56H46N10O15S3. The largest absolute Gasteiger partial charge is 0.505 e. The number of carbonyl (C=O) groups is 1. The lowest BCUT2D eigenvalue weighted by molar-refractivity contribution is 0.102. The van der Waals surface area contributed by atoms with Crippen molar-refractivity contribution in [3.63, 3.8) is 0 Å². The molecule has 0 aliphatic heterocycles. The summed E-state index contributed by atoms with van der Waals surface area (Å²) >= 11 is 0. The van der Waals surface area contributed by atoms with Crippen LogP contribution in [0.2, 0.25) is 0 Å². The number of methoxy groups -OCH3 is 3. The minimum Gasteiger partial charge on any atom is -0.505 e. The highest BCUT2D eigenvalue weighted by Gasteiger charge is 2.24. The number of amides is 1. The first kappa shape index (κ1) is 57.4. The van der Waals surface area contributed by atoms with Gasteiger partial charge in [0.1, 0.15) is 61.7 Å². The molecule has 0 aliphatic carbocycles. The normalized spacial score (nSPS) is 12.4. The maximum atomic E-state index is 13.4. The highest BCUT2D eigenvalue weighted by molar-refractivity contribution is 7.87. The number of phenols is 1. The number of hydrogen-bond acceptors (Lipinski definition) is 20. The highest BCUT2D eigenvalue weighted by Crippen LogP contribution is 2.43. The molecule has 9 aromatic carbocycles. The number of rotatable bonds is 19. The van der Waals surface area contributed by atoms with Gasteiger partial charge < -0.3 is 29.4 Å². The van der Waals surface area contributed by atoms with Gasteiger partial charge in [0, 0.05) is 44.9 Å². The van der Waals surface area contributed by atoms with E-state index in [0.29, 0.717) is 73.4 Å². The number of azo groups is 3. The van der Waals surface area contributed by atoms with Crippen molar-refractivity contribution in [1.82, 2.24) is 15.0 Å². The van der Waals surface area contributed by atoms with E-state index in [2.05, 4.69) is 46.2 Å². The van der Waals surface area contributed by atoms with E-state index in [4.69, 9.17) is 23.5 Å². The predicted molar refractivity (Wildman–Crippen MR) is 310 cm³/mol. The van der Waals surface area contributed by atoms with Crippen molar-refractivity contribution >= 4 is 119 Å². The summed E-state index contributed by atoms with van der Waals surface area (Å²) in [6.45, 7) is 1.88. The molecule has 84 heavy (non-hydrogen) atoms. The van der Waals surface area contributed by atoms with E-state index >= 15 is 0 Å². The van der Waals surface area contributed by atoms with Crippen molar-refractivity contribution in [3.8, 4) is 34.4 Å². The second-order valence-electron chi connectivity index (χ2n) is 18.5. The molecule has 5 N–H and O–H groups in total. The SMILES string of the molecule is COc1cc(N=Nc2ccc3cc(-n4nc5ccc6c(S(=O)(=O)O)cc(S(=O)(=O)O)cc6c5n4)ccc3c2O)c(OC)cc1N=Nc1ccc(N=Nc2ccc(C(=O)Nc3ccc4cccc(OCCCS(=O)(=O)O)c4c3)cc2OC)c(C)c1. The zero-order chi connectivity index (χ0) is 59.7.